The molecule has 0 aromatic heterocycles. The van der Waals surface area contributed by atoms with Crippen molar-refractivity contribution < 1.29 is 68.3 Å². The normalized spacial score (nSPS) is 0. The van der Waals surface area contributed by atoms with E-state index in [-0.39, 0.29) is 68.3 Å². The molecule has 0 radical (unpaired) electrons. The maximum absolute atomic E-state index is 0. The molecule has 0 fully saturated rings. The first kappa shape index (κ1) is 323. The Hall–Kier alpha value is 1.13. The molecule has 0 rings (SSSR count). The van der Waals surface area contributed by atoms with Crippen molar-refractivity contribution in [3.05, 3.63) is 0 Å². The van der Waals surface area contributed by atoms with Crippen molar-refractivity contribution in [2.45, 2.75) is 0 Å². The molecular formula is F5NbTa+5. The van der Waals surface area contributed by atoms with Gasteiger partial charge >= 0.3 is 44.8 Å². The van der Waals surface area contributed by atoms with Crippen LogP contribution < -0.4 is 23.5 Å². The Morgan fingerprint density at radius 3 is 0.429 bits per heavy atom. The Kier molecular flexibility index (Phi) is 9690. The quantitative estimate of drug-likeness (QED) is 0.294. The largest absolute Gasteiger partial charge is 5.00 e. The average molecular weight is 369 g/mol. The minimum atomic E-state index is 0. The topological polar surface area (TPSA) is 0 Å². The molecule has 0 atom stereocenters. The van der Waals surface area contributed by atoms with Gasteiger partial charge in [-0.15, -0.1) is 0 Å². The van der Waals surface area contributed by atoms with Crippen LogP contribution in [0, 0.1) is 0 Å². The maximum Gasteiger partial charge on any atom is 5.00 e. The van der Waals surface area contributed by atoms with Crippen LogP contribution >= 0.6 is 0 Å². The number of halogens is 5. The standard InChI is InChI=1S/5FH.Nb.Ta/h5*1H;;/q;;;;;2*+5/p-5. The minimum absolute atomic E-state index is 0. The molecule has 0 aliphatic rings. The summed E-state index contributed by atoms with van der Waals surface area (Å²) in [6.45, 7) is 0. The zero-order chi connectivity index (χ0) is 0. The molecule has 0 aliphatic carbocycles. The van der Waals surface area contributed by atoms with Crippen molar-refractivity contribution in [1.29, 1.82) is 0 Å². The Morgan fingerprint density at radius 2 is 0.429 bits per heavy atom. The van der Waals surface area contributed by atoms with E-state index in [1.165, 1.54) is 0 Å². The van der Waals surface area contributed by atoms with Crippen molar-refractivity contribution in [3.8, 4) is 0 Å². The molecule has 0 aliphatic heterocycles. The summed E-state index contributed by atoms with van der Waals surface area (Å²) in [7, 11) is 0. The van der Waals surface area contributed by atoms with Crippen molar-refractivity contribution in [2.75, 3.05) is 0 Å². The van der Waals surface area contributed by atoms with Crippen LogP contribution in [-0.2, 0) is 44.8 Å². The summed E-state index contributed by atoms with van der Waals surface area (Å²) in [5, 5.41) is 0. The first-order valence-electron chi connectivity index (χ1n) is 0. The zero-order valence-electron chi connectivity index (χ0n) is 2.78. The number of rotatable bonds is 0. The van der Waals surface area contributed by atoms with Gasteiger partial charge in [0.1, 0.15) is 0 Å². The summed E-state index contributed by atoms with van der Waals surface area (Å²) in [5.41, 5.74) is 0. The van der Waals surface area contributed by atoms with E-state index in [1.807, 2.05) is 0 Å². The van der Waals surface area contributed by atoms with Gasteiger partial charge in [-0.05, 0) is 0 Å². The van der Waals surface area contributed by atoms with Crippen LogP contribution in [0.2, 0.25) is 0 Å². The molecule has 0 bridgehead atoms. The molecule has 0 saturated carbocycles. The molecule has 0 aromatic rings. The fourth-order valence-corrected chi connectivity index (χ4v) is 0. The van der Waals surface area contributed by atoms with Gasteiger partial charge in [-0.2, -0.15) is 0 Å². The van der Waals surface area contributed by atoms with E-state index in [0.717, 1.165) is 0 Å². The molecule has 0 saturated heterocycles. The Morgan fingerprint density at radius 1 is 0.429 bits per heavy atom. The van der Waals surface area contributed by atoms with Crippen LogP contribution in [0.5, 0.6) is 0 Å². The Bertz CT molecular complexity index is 8.04. The van der Waals surface area contributed by atoms with Crippen LogP contribution in [0.1, 0.15) is 0 Å². The second-order valence-corrected chi connectivity index (χ2v) is 0. The third-order valence-corrected chi connectivity index (χ3v) is 0. The van der Waals surface area contributed by atoms with Crippen molar-refractivity contribution in [3.63, 3.8) is 0 Å². The van der Waals surface area contributed by atoms with Crippen LogP contribution in [0.25, 0.3) is 0 Å². The first-order valence-corrected chi connectivity index (χ1v) is 0. The second-order valence-electron chi connectivity index (χ2n) is 0. The van der Waals surface area contributed by atoms with Crippen molar-refractivity contribution in [1.82, 2.24) is 0 Å². The molecule has 0 N–H and O–H groups in total. The van der Waals surface area contributed by atoms with E-state index in [2.05, 4.69) is 0 Å². The molecular weight excluding hydrogens is 369 g/mol. The predicted octanol–water partition coefficient (Wildman–Crippen LogP) is -15.0. The van der Waals surface area contributed by atoms with Crippen LogP contribution in [0.3, 0.4) is 0 Å². The van der Waals surface area contributed by atoms with Gasteiger partial charge in [0.05, 0.1) is 0 Å². The van der Waals surface area contributed by atoms with E-state index >= 15 is 0 Å². The molecule has 7 heteroatoms. The molecule has 0 spiro atoms. The van der Waals surface area contributed by atoms with E-state index in [0.29, 0.717) is 0 Å². The predicted molar refractivity (Wildman–Crippen MR) is 0 cm³/mol. The summed E-state index contributed by atoms with van der Waals surface area (Å²) >= 11 is 0. The number of hydrogen-bond donors (Lipinski definition) is 0. The fourth-order valence-electron chi connectivity index (χ4n) is 0. The molecule has 0 amide bonds. The average Bonchev–Trinajstić information content (AvgIpc) is 0. The van der Waals surface area contributed by atoms with Crippen molar-refractivity contribution >= 4 is 0 Å². The molecule has 0 nitrogen and oxygen atoms in total. The van der Waals surface area contributed by atoms with Crippen molar-refractivity contribution in [2.24, 2.45) is 0 Å². The van der Waals surface area contributed by atoms with Gasteiger partial charge in [-0.25, -0.2) is 0 Å². The summed E-state index contributed by atoms with van der Waals surface area (Å²) in [5.74, 6) is 0. The van der Waals surface area contributed by atoms with Crippen LogP contribution in [0.4, 0.5) is 0 Å². The van der Waals surface area contributed by atoms with Gasteiger partial charge in [0.2, 0.25) is 0 Å². The van der Waals surface area contributed by atoms with Gasteiger partial charge in [0, 0.05) is 0 Å². The fraction of sp³-hybridized carbons (Fsp3) is 0. The zero-order valence-corrected chi connectivity index (χ0v) is 8.20. The first-order chi connectivity index (χ1) is 0. The van der Waals surface area contributed by atoms with Gasteiger partial charge in [-0.1, -0.05) is 0 Å². The van der Waals surface area contributed by atoms with E-state index < -0.39 is 0 Å². The Labute approximate surface area is 68.3 Å². The molecule has 0 aromatic carbocycles. The maximum atomic E-state index is 0. The molecule has 7 heavy (non-hydrogen) atoms. The Balaban J connectivity index is 0. The summed E-state index contributed by atoms with van der Waals surface area (Å²) in [4.78, 5) is 0. The number of hydrogen-bond acceptors (Lipinski definition) is 0. The minimum Gasteiger partial charge on any atom is -1.00 e. The molecule has 0 heterocycles. The SMILES string of the molecule is [F-].[F-].[F-].[F-].[F-].[Nb+5].[Ta+5]. The van der Waals surface area contributed by atoms with Gasteiger partial charge in [-0.3, -0.25) is 0 Å². The third kappa shape index (κ3) is 147. The summed E-state index contributed by atoms with van der Waals surface area (Å²) in [6, 6.07) is 0. The molecule has 0 unspecified atom stereocenters. The van der Waals surface area contributed by atoms with E-state index in [9.17, 15) is 0 Å². The smallest absolute Gasteiger partial charge is 1.00 e. The van der Waals surface area contributed by atoms with E-state index in [1.54, 1.807) is 0 Å². The summed E-state index contributed by atoms with van der Waals surface area (Å²) in [6.07, 6.45) is 0. The molecule has 40 valence electrons. The van der Waals surface area contributed by atoms with Crippen LogP contribution in [0.15, 0.2) is 0 Å². The van der Waals surface area contributed by atoms with E-state index in [4.69, 9.17) is 0 Å². The summed E-state index contributed by atoms with van der Waals surface area (Å²) < 4.78 is 0. The monoisotopic (exact) mass is 369 g/mol. The van der Waals surface area contributed by atoms with Crippen LogP contribution in [-0.4, -0.2) is 0 Å². The van der Waals surface area contributed by atoms with Gasteiger partial charge < -0.3 is 23.5 Å². The van der Waals surface area contributed by atoms with Gasteiger partial charge in [0.25, 0.3) is 0 Å². The van der Waals surface area contributed by atoms with Gasteiger partial charge in [0.15, 0.2) is 0 Å². The second kappa shape index (κ2) is 210. The third-order valence-electron chi connectivity index (χ3n) is 0.